The maximum atomic E-state index is 11.2. The van der Waals surface area contributed by atoms with E-state index >= 15 is 0 Å². The number of aliphatic hydroxyl groups is 1. The van der Waals surface area contributed by atoms with Gasteiger partial charge in [0, 0.05) is 16.6 Å². The van der Waals surface area contributed by atoms with E-state index < -0.39 is 12.6 Å². The Morgan fingerprint density at radius 1 is 1.30 bits per heavy atom. The van der Waals surface area contributed by atoms with Gasteiger partial charge in [0.15, 0.2) is 0 Å². The maximum Gasteiger partial charge on any atom is 0.118 e. The number of likely N-dealkylation sites (N-methyl/N-ethyl adjacent to an activating group) is 1. The molecule has 112 valence electrons. The lowest BCUT2D eigenvalue weighted by Gasteiger charge is -2.40. The molecule has 1 atom stereocenters. The Balaban J connectivity index is 2.29. The fourth-order valence-corrected chi connectivity index (χ4v) is 3.21. The zero-order valence-electron chi connectivity index (χ0n) is 15.4. The molecular weight excluding hydrogens is 250 g/mol. The van der Waals surface area contributed by atoms with Gasteiger partial charge in [-0.25, -0.2) is 0 Å². The highest BCUT2D eigenvalue weighted by Crippen LogP contribution is 2.40. The largest absolute Gasteiger partial charge is 0.497 e. The topological polar surface area (TPSA) is 32.7 Å². The van der Waals surface area contributed by atoms with Crippen molar-refractivity contribution in [3.63, 3.8) is 0 Å². The molecule has 0 aromatic heterocycles. The summed E-state index contributed by atoms with van der Waals surface area (Å²) in [5.74, 6) is 0.534. The van der Waals surface area contributed by atoms with Crippen molar-refractivity contribution in [3.8, 4) is 5.75 Å². The number of nitrogens with zero attached hydrogens (tertiary/aromatic N) is 1. The van der Waals surface area contributed by atoms with Gasteiger partial charge in [0.2, 0.25) is 0 Å². The molecule has 0 amide bonds. The predicted octanol–water partition coefficient (Wildman–Crippen LogP) is 3.04. The third-order valence-corrected chi connectivity index (χ3v) is 4.34. The second-order valence-corrected chi connectivity index (χ2v) is 5.87. The summed E-state index contributed by atoms with van der Waals surface area (Å²) in [5, 5.41) is 11.2. The summed E-state index contributed by atoms with van der Waals surface area (Å²) in [6.07, 6.45) is 4.55. The molecule has 0 spiro atoms. The Morgan fingerprint density at radius 3 is 2.50 bits per heavy atom. The van der Waals surface area contributed by atoms with Crippen molar-refractivity contribution in [3.05, 3.63) is 29.8 Å². The SMILES string of the molecule is [2H]C([2H])([2H])N(C)CC(c1ccc(OC)cc1)C1(O)CCCCC1. The Bertz CT molecular complexity index is 496. The van der Waals surface area contributed by atoms with E-state index in [4.69, 9.17) is 8.85 Å². The quantitative estimate of drug-likeness (QED) is 0.900. The van der Waals surface area contributed by atoms with E-state index in [1.807, 2.05) is 24.3 Å². The van der Waals surface area contributed by atoms with Crippen LogP contribution >= 0.6 is 0 Å². The van der Waals surface area contributed by atoms with E-state index in [2.05, 4.69) is 0 Å². The average molecular weight is 280 g/mol. The Kier molecular flexibility index (Phi) is 3.82. The normalized spacial score (nSPS) is 22.7. The lowest BCUT2D eigenvalue weighted by molar-refractivity contribution is -0.0277. The minimum absolute atomic E-state index is 0.223. The third kappa shape index (κ3) is 3.53. The smallest absolute Gasteiger partial charge is 0.118 e. The zero-order valence-corrected chi connectivity index (χ0v) is 12.4. The van der Waals surface area contributed by atoms with Gasteiger partial charge >= 0.3 is 0 Å². The summed E-state index contributed by atoms with van der Waals surface area (Å²) in [6.45, 7) is -1.85. The van der Waals surface area contributed by atoms with E-state index in [1.54, 1.807) is 14.2 Å². The lowest BCUT2D eigenvalue weighted by Crippen LogP contribution is -2.42. The maximum absolute atomic E-state index is 11.2. The molecule has 1 N–H and O–H groups in total. The molecular formula is C17H27NO2. The Labute approximate surface area is 126 Å². The first kappa shape index (κ1) is 11.6. The number of methoxy groups -OCH3 is 1. The molecule has 3 nitrogen and oxygen atoms in total. The number of rotatable bonds is 5. The summed E-state index contributed by atoms with van der Waals surface area (Å²) < 4.78 is 28.0. The minimum atomic E-state index is -2.16. The second-order valence-electron chi connectivity index (χ2n) is 5.87. The first-order valence-corrected chi connectivity index (χ1v) is 7.34. The van der Waals surface area contributed by atoms with Crippen LogP contribution in [0.3, 0.4) is 0 Å². The van der Waals surface area contributed by atoms with Crippen LogP contribution in [0.5, 0.6) is 5.75 Å². The molecule has 1 aromatic rings. The monoisotopic (exact) mass is 280 g/mol. The van der Waals surface area contributed by atoms with Crippen LogP contribution in [0, 0.1) is 0 Å². The van der Waals surface area contributed by atoms with Gasteiger partial charge < -0.3 is 14.7 Å². The van der Waals surface area contributed by atoms with Gasteiger partial charge in [-0.05, 0) is 44.6 Å². The summed E-state index contributed by atoms with van der Waals surface area (Å²) in [5.41, 5.74) is 0.123. The molecule has 3 heteroatoms. The van der Waals surface area contributed by atoms with Gasteiger partial charge in [0.1, 0.15) is 5.75 Å². The zero-order chi connectivity index (χ0) is 17.1. The molecule has 1 unspecified atom stereocenters. The summed E-state index contributed by atoms with van der Waals surface area (Å²) in [7, 11) is 3.21. The number of hydrogen-bond donors (Lipinski definition) is 1. The van der Waals surface area contributed by atoms with E-state index in [-0.39, 0.29) is 5.92 Å². The minimum Gasteiger partial charge on any atom is -0.497 e. The molecule has 0 aliphatic heterocycles. The molecule has 0 heterocycles. The molecule has 2 rings (SSSR count). The molecule has 1 aromatic carbocycles. The van der Waals surface area contributed by atoms with Gasteiger partial charge in [-0.15, -0.1) is 0 Å². The molecule has 20 heavy (non-hydrogen) atoms. The van der Waals surface area contributed by atoms with Crippen LogP contribution < -0.4 is 4.74 Å². The van der Waals surface area contributed by atoms with Crippen LogP contribution in [-0.4, -0.2) is 43.3 Å². The van der Waals surface area contributed by atoms with Crippen molar-refractivity contribution in [1.29, 1.82) is 0 Å². The summed E-state index contributed by atoms with van der Waals surface area (Å²) in [6, 6.07) is 7.60. The molecule has 1 fully saturated rings. The molecule has 0 radical (unpaired) electrons. The number of benzene rings is 1. The predicted molar refractivity (Wildman–Crippen MR) is 82.3 cm³/mol. The third-order valence-electron chi connectivity index (χ3n) is 4.34. The van der Waals surface area contributed by atoms with Gasteiger partial charge in [0.05, 0.1) is 12.7 Å². The first-order chi connectivity index (χ1) is 10.8. The van der Waals surface area contributed by atoms with Crippen LogP contribution in [-0.2, 0) is 0 Å². The van der Waals surface area contributed by atoms with Crippen LogP contribution in [0.2, 0.25) is 0 Å². The van der Waals surface area contributed by atoms with E-state index in [1.165, 1.54) is 4.90 Å². The van der Waals surface area contributed by atoms with Gasteiger partial charge in [-0.1, -0.05) is 31.4 Å². The van der Waals surface area contributed by atoms with Crippen molar-refractivity contribution >= 4 is 0 Å². The average Bonchev–Trinajstić information content (AvgIpc) is 2.52. The molecule has 0 bridgehead atoms. The molecule has 1 aliphatic carbocycles. The highest BCUT2D eigenvalue weighted by Gasteiger charge is 2.38. The van der Waals surface area contributed by atoms with Crippen LogP contribution in [0.25, 0.3) is 0 Å². The summed E-state index contributed by atoms with van der Waals surface area (Å²) in [4.78, 5) is 1.36. The summed E-state index contributed by atoms with van der Waals surface area (Å²) >= 11 is 0. The van der Waals surface area contributed by atoms with Gasteiger partial charge in [0.25, 0.3) is 0 Å². The molecule has 1 aliphatic rings. The number of hydrogen-bond acceptors (Lipinski definition) is 3. The first-order valence-electron chi connectivity index (χ1n) is 8.84. The van der Waals surface area contributed by atoms with E-state index in [0.29, 0.717) is 6.54 Å². The van der Waals surface area contributed by atoms with Gasteiger partial charge in [-0.2, -0.15) is 0 Å². The van der Waals surface area contributed by atoms with E-state index in [0.717, 1.165) is 43.4 Å². The van der Waals surface area contributed by atoms with Gasteiger partial charge in [-0.3, -0.25) is 0 Å². The van der Waals surface area contributed by atoms with Crippen molar-refractivity contribution < 1.29 is 14.0 Å². The van der Waals surface area contributed by atoms with Crippen LogP contribution in [0.1, 0.15) is 47.7 Å². The van der Waals surface area contributed by atoms with Crippen LogP contribution in [0.15, 0.2) is 24.3 Å². The number of ether oxygens (including phenoxy) is 1. The molecule has 0 saturated heterocycles. The van der Waals surface area contributed by atoms with Crippen molar-refractivity contribution in [2.24, 2.45) is 0 Å². The second kappa shape index (κ2) is 6.59. The van der Waals surface area contributed by atoms with Crippen molar-refractivity contribution in [2.45, 2.75) is 43.6 Å². The van der Waals surface area contributed by atoms with Crippen molar-refractivity contribution in [2.75, 3.05) is 27.7 Å². The Hall–Kier alpha value is -1.06. The highest BCUT2D eigenvalue weighted by atomic mass is 16.5. The fourth-order valence-electron chi connectivity index (χ4n) is 3.21. The van der Waals surface area contributed by atoms with Crippen LogP contribution in [0.4, 0.5) is 0 Å². The Morgan fingerprint density at radius 2 is 1.95 bits per heavy atom. The van der Waals surface area contributed by atoms with E-state index in [9.17, 15) is 5.11 Å². The van der Waals surface area contributed by atoms with Crippen molar-refractivity contribution in [1.82, 2.24) is 4.90 Å². The standard InChI is InChI=1S/C17H27NO2/c1-18(2)13-16(17(19)11-5-4-6-12-17)14-7-9-15(20-3)10-8-14/h7-10,16,19H,4-6,11-13H2,1-3H3/i1D3. The highest BCUT2D eigenvalue weighted by molar-refractivity contribution is 5.31. The molecule has 1 saturated carbocycles. The fraction of sp³-hybridized carbons (Fsp3) is 0.647. The lowest BCUT2D eigenvalue weighted by atomic mass is 9.72.